The van der Waals surface area contributed by atoms with Crippen molar-refractivity contribution in [3.63, 3.8) is 0 Å². The maximum atomic E-state index is 8.94. The van der Waals surface area contributed by atoms with Crippen molar-refractivity contribution in [1.82, 2.24) is 4.90 Å². The monoisotopic (exact) mass is 187 g/mol. The molecule has 78 valence electrons. The van der Waals surface area contributed by atoms with Crippen LogP contribution in [0.15, 0.2) is 0 Å². The van der Waals surface area contributed by atoms with Crippen LogP contribution in [0.2, 0.25) is 0 Å². The van der Waals surface area contributed by atoms with E-state index in [1.54, 1.807) is 0 Å². The van der Waals surface area contributed by atoms with Crippen molar-refractivity contribution in [1.29, 1.82) is 0 Å². The maximum Gasteiger partial charge on any atom is 0.0678 e. The minimum Gasteiger partial charge on any atom is -0.396 e. The molecule has 13 heavy (non-hydrogen) atoms. The van der Waals surface area contributed by atoms with Gasteiger partial charge in [0.05, 0.1) is 12.2 Å². The van der Waals surface area contributed by atoms with Crippen LogP contribution in [0.4, 0.5) is 0 Å². The van der Waals surface area contributed by atoms with Gasteiger partial charge in [-0.2, -0.15) is 0 Å². The highest BCUT2D eigenvalue weighted by Gasteiger charge is 2.22. The van der Waals surface area contributed by atoms with Gasteiger partial charge in [0.2, 0.25) is 0 Å². The normalized spacial score (nSPS) is 33.2. The summed E-state index contributed by atoms with van der Waals surface area (Å²) in [6, 6.07) is 0. The topological polar surface area (TPSA) is 32.7 Å². The predicted octanol–water partition coefficient (Wildman–Crippen LogP) is 0.724. The van der Waals surface area contributed by atoms with Crippen molar-refractivity contribution >= 4 is 0 Å². The van der Waals surface area contributed by atoms with Gasteiger partial charge in [0.1, 0.15) is 0 Å². The molecule has 0 spiro atoms. The number of morpholine rings is 1. The Labute approximate surface area is 80.7 Å². The lowest BCUT2D eigenvalue weighted by molar-refractivity contribution is -0.0722. The highest BCUT2D eigenvalue weighted by atomic mass is 16.5. The van der Waals surface area contributed by atoms with E-state index < -0.39 is 0 Å². The van der Waals surface area contributed by atoms with Crippen LogP contribution in [0.3, 0.4) is 0 Å². The Morgan fingerprint density at radius 2 is 1.92 bits per heavy atom. The molecule has 0 bridgehead atoms. The Morgan fingerprint density at radius 1 is 1.38 bits per heavy atom. The molecule has 1 aliphatic rings. The maximum absolute atomic E-state index is 8.94. The summed E-state index contributed by atoms with van der Waals surface area (Å²) in [5.74, 6) is 0.373. The van der Waals surface area contributed by atoms with E-state index in [1.807, 2.05) is 0 Å². The van der Waals surface area contributed by atoms with Crippen LogP contribution in [0.1, 0.15) is 20.8 Å². The highest BCUT2D eigenvalue weighted by Crippen LogP contribution is 2.11. The molecule has 0 radical (unpaired) electrons. The first-order valence-electron chi connectivity index (χ1n) is 5.10. The summed E-state index contributed by atoms with van der Waals surface area (Å²) in [7, 11) is 0. The molecule has 0 aromatic carbocycles. The minimum atomic E-state index is 0.278. The lowest BCUT2D eigenvalue weighted by Crippen LogP contribution is -2.47. The molecule has 3 atom stereocenters. The Kier molecular flexibility index (Phi) is 4.16. The van der Waals surface area contributed by atoms with Crippen LogP contribution in [-0.2, 0) is 4.74 Å². The van der Waals surface area contributed by atoms with Crippen LogP contribution in [-0.4, -0.2) is 48.5 Å². The molecule has 0 aromatic heterocycles. The van der Waals surface area contributed by atoms with E-state index in [0.717, 1.165) is 19.6 Å². The first-order valence-corrected chi connectivity index (χ1v) is 5.10. The van der Waals surface area contributed by atoms with Gasteiger partial charge in [0.15, 0.2) is 0 Å². The van der Waals surface area contributed by atoms with Gasteiger partial charge in [0.25, 0.3) is 0 Å². The van der Waals surface area contributed by atoms with Crippen LogP contribution in [0, 0.1) is 5.92 Å². The van der Waals surface area contributed by atoms with Gasteiger partial charge in [-0.1, -0.05) is 6.92 Å². The van der Waals surface area contributed by atoms with Crippen LogP contribution >= 0.6 is 0 Å². The zero-order valence-corrected chi connectivity index (χ0v) is 8.86. The third-order valence-corrected chi connectivity index (χ3v) is 2.38. The second-order valence-corrected chi connectivity index (χ2v) is 4.26. The number of rotatable bonds is 3. The zero-order valence-electron chi connectivity index (χ0n) is 8.86. The molecule has 0 aromatic rings. The highest BCUT2D eigenvalue weighted by molar-refractivity contribution is 4.74. The second-order valence-electron chi connectivity index (χ2n) is 4.26. The number of hydrogen-bond donors (Lipinski definition) is 1. The summed E-state index contributed by atoms with van der Waals surface area (Å²) in [6.07, 6.45) is 0.657. The smallest absolute Gasteiger partial charge is 0.0678 e. The minimum absolute atomic E-state index is 0.278. The van der Waals surface area contributed by atoms with Crippen molar-refractivity contribution in [3.8, 4) is 0 Å². The molecular formula is C10H21NO2. The molecule has 0 amide bonds. The van der Waals surface area contributed by atoms with E-state index in [-0.39, 0.29) is 6.61 Å². The Balaban J connectivity index is 2.32. The van der Waals surface area contributed by atoms with E-state index in [9.17, 15) is 0 Å². The predicted molar refractivity (Wildman–Crippen MR) is 52.7 cm³/mol. The van der Waals surface area contributed by atoms with Gasteiger partial charge in [-0.25, -0.2) is 0 Å². The van der Waals surface area contributed by atoms with Crippen molar-refractivity contribution in [2.24, 2.45) is 5.92 Å². The van der Waals surface area contributed by atoms with E-state index >= 15 is 0 Å². The summed E-state index contributed by atoms with van der Waals surface area (Å²) in [5, 5.41) is 8.94. The molecule has 1 aliphatic heterocycles. The van der Waals surface area contributed by atoms with Gasteiger partial charge >= 0.3 is 0 Å². The first-order chi connectivity index (χ1) is 6.11. The average Bonchev–Trinajstić information content (AvgIpc) is 2.02. The van der Waals surface area contributed by atoms with Gasteiger partial charge < -0.3 is 9.84 Å². The van der Waals surface area contributed by atoms with Crippen molar-refractivity contribution in [2.45, 2.75) is 33.0 Å². The molecule has 3 heteroatoms. The van der Waals surface area contributed by atoms with Gasteiger partial charge in [-0.3, -0.25) is 4.90 Å². The van der Waals surface area contributed by atoms with Gasteiger partial charge in [-0.15, -0.1) is 0 Å². The zero-order chi connectivity index (χ0) is 9.84. The van der Waals surface area contributed by atoms with Crippen molar-refractivity contribution in [2.75, 3.05) is 26.2 Å². The van der Waals surface area contributed by atoms with E-state index in [0.29, 0.717) is 18.1 Å². The molecule has 3 nitrogen and oxygen atoms in total. The average molecular weight is 187 g/mol. The summed E-state index contributed by atoms with van der Waals surface area (Å²) in [4.78, 5) is 2.37. The SMILES string of the molecule is CC(CO)CN1CC(C)OC(C)C1. The molecule has 1 N–H and O–H groups in total. The van der Waals surface area contributed by atoms with Crippen LogP contribution in [0.5, 0.6) is 0 Å². The fraction of sp³-hybridized carbons (Fsp3) is 1.00. The summed E-state index contributed by atoms with van der Waals surface area (Å²) >= 11 is 0. The molecule has 1 rings (SSSR count). The van der Waals surface area contributed by atoms with E-state index in [1.165, 1.54) is 0 Å². The molecular weight excluding hydrogens is 166 g/mol. The molecule has 0 aliphatic carbocycles. The Bertz CT molecular complexity index is 142. The summed E-state index contributed by atoms with van der Waals surface area (Å²) < 4.78 is 5.63. The second kappa shape index (κ2) is 4.94. The quantitative estimate of drug-likeness (QED) is 0.707. The van der Waals surface area contributed by atoms with Crippen molar-refractivity contribution in [3.05, 3.63) is 0 Å². The number of hydrogen-bond acceptors (Lipinski definition) is 3. The number of aliphatic hydroxyl groups is 1. The summed E-state index contributed by atoms with van der Waals surface area (Å²) in [6.45, 7) is 9.53. The van der Waals surface area contributed by atoms with Crippen LogP contribution in [0.25, 0.3) is 0 Å². The molecule has 0 saturated carbocycles. The van der Waals surface area contributed by atoms with Crippen molar-refractivity contribution < 1.29 is 9.84 Å². The van der Waals surface area contributed by atoms with E-state index in [4.69, 9.17) is 9.84 Å². The number of nitrogens with zero attached hydrogens (tertiary/aromatic N) is 1. The Hall–Kier alpha value is -0.120. The molecule has 3 unspecified atom stereocenters. The number of aliphatic hydroxyl groups excluding tert-OH is 1. The Morgan fingerprint density at radius 3 is 2.38 bits per heavy atom. The van der Waals surface area contributed by atoms with Gasteiger partial charge in [-0.05, 0) is 19.8 Å². The largest absolute Gasteiger partial charge is 0.396 e. The van der Waals surface area contributed by atoms with E-state index in [2.05, 4.69) is 25.7 Å². The standard InChI is InChI=1S/C10H21NO2/c1-8(7-12)4-11-5-9(2)13-10(3)6-11/h8-10,12H,4-7H2,1-3H3. The fourth-order valence-corrected chi connectivity index (χ4v) is 1.93. The molecule has 1 saturated heterocycles. The lowest BCUT2D eigenvalue weighted by Gasteiger charge is -2.36. The number of ether oxygens (including phenoxy) is 1. The molecule has 1 fully saturated rings. The summed E-state index contributed by atoms with van der Waals surface area (Å²) in [5.41, 5.74) is 0. The first kappa shape index (κ1) is 11.0. The lowest BCUT2D eigenvalue weighted by atomic mass is 10.1. The van der Waals surface area contributed by atoms with Gasteiger partial charge in [0, 0.05) is 26.2 Å². The van der Waals surface area contributed by atoms with Crippen LogP contribution < -0.4 is 0 Å². The third-order valence-electron chi connectivity index (χ3n) is 2.38. The molecule has 1 heterocycles. The third kappa shape index (κ3) is 3.63. The fourth-order valence-electron chi connectivity index (χ4n) is 1.93.